The molecule has 0 saturated carbocycles. The smallest absolute Gasteiger partial charge is 0.120 e. The lowest BCUT2D eigenvalue weighted by Crippen LogP contribution is -2.55. The zero-order valence-electron chi connectivity index (χ0n) is 7.68. The number of anilines is 1. The summed E-state index contributed by atoms with van der Waals surface area (Å²) in [6.45, 7) is 1.93. The molecule has 0 bridgehead atoms. The van der Waals surface area contributed by atoms with E-state index < -0.39 is 0 Å². The van der Waals surface area contributed by atoms with Crippen molar-refractivity contribution in [1.82, 2.24) is 4.37 Å². The maximum Gasteiger partial charge on any atom is 0.120 e. The standard InChI is InChI=1S/C10H11N3S/c11-7-5-13(6-7)10-8-3-1-2-4-9(8)12-14-10/h1-4,7H,5-6,11H2. The van der Waals surface area contributed by atoms with Crippen molar-refractivity contribution in [1.29, 1.82) is 0 Å². The second-order valence-electron chi connectivity index (χ2n) is 3.67. The van der Waals surface area contributed by atoms with Crippen LogP contribution in [0.5, 0.6) is 0 Å². The molecule has 1 aliphatic heterocycles. The van der Waals surface area contributed by atoms with E-state index in [1.54, 1.807) is 11.5 Å². The van der Waals surface area contributed by atoms with Crippen LogP contribution in [0.25, 0.3) is 10.9 Å². The predicted octanol–water partition coefficient (Wildman–Crippen LogP) is 1.44. The Hall–Kier alpha value is -1.13. The number of hydrogen-bond acceptors (Lipinski definition) is 4. The highest BCUT2D eigenvalue weighted by Crippen LogP contribution is 2.33. The van der Waals surface area contributed by atoms with Gasteiger partial charge in [0.05, 0.1) is 5.52 Å². The van der Waals surface area contributed by atoms with Crippen molar-refractivity contribution in [2.75, 3.05) is 18.0 Å². The first-order valence-electron chi connectivity index (χ1n) is 4.69. The number of nitrogens with zero attached hydrogens (tertiary/aromatic N) is 2. The Morgan fingerprint density at radius 3 is 2.93 bits per heavy atom. The van der Waals surface area contributed by atoms with Gasteiger partial charge in [-0.25, -0.2) is 0 Å². The van der Waals surface area contributed by atoms with E-state index in [-0.39, 0.29) is 0 Å². The lowest BCUT2D eigenvalue weighted by Gasteiger charge is -2.37. The van der Waals surface area contributed by atoms with E-state index in [0.717, 1.165) is 18.6 Å². The summed E-state index contributed by atoms with van der Waals surface area (Å²) >= 11 is 1.57. The Labute approximate surface area is 86.3 Å². The maximum atomic E-state index is 5.76. The molecule has 0 amide bonds. The largest absolute Gasteiger partial charge is 0.358 e. The van der Waals surface area contributed by atoms with Crippen LogP contribution in [-0.4, -0.2) is 23.5 Å². The van der Waals surface area contributed by atoms with Gasteiger partial charge >= 0.3 is 0 Å². The fourth-order valence-electron chi connectivity index (χ4n) is 1.78. The molecule has 0 radical (unpaired) electrons. The summed E-state index contributed by atoms with van der Waals surface area (Å²) in [6, 6.07) is 8.59. The first-order chi connectivity index (χ1) is 6.84. The molecule has 4 heteroatoms. The normalized spacial score (nSPS) is 17.4. The van der Waals surface area contributed by atoms with Crippen LogP contribution in [0.3, 0.4) is 0 Å². The fourth-order valence-corrected chi connectivity index (χ4v) is 2.66. The van der Waals surface area contributed by atoms with E-state index in [1.165, 1.54) is 10.4 Å². The molecule has 0 aliphatic carbocycles. The number of benzene rings is 1. The van der Waals surface area contributed by atoms with Crippen molar-refractivity contribution >= 4 is 27.4 Å². The SMILES string of the molecule is NC1CN(c2snc3ccccc23)C1. The molecule has 1 fully saturated rings. The Balaban J connectivity index is 2.05. The van der Waals surface area contributed by atoms with Gasteiger partial charge in [0.15, 0.2) is 0 Å². The predicted molar refractivity (Wildman–Crippen MR) is 59.8 cm³/mol. The van der Waals surface area contributed by atoms with E-state index >= 15 is 0 Å². The topological polar surface area (TPSA) is 42.1 Å². The van der Waals surface area contributed by atoms with Crippen LogP contribution in [0.2, 0.25) is 0 Å². The molecule has 0 unspecified atom stereocenters. The van der Waals surface area contributed by atoms with Gasteiger partial charge in [-0.3, -0.25) is 0 Å². The van der Waals surface area contributed by atoms with Crippen LogP contribution in [0, 0.1) is 0 Å². The maximum absolute atomic E-state index is 5.76. The average molecular weight is 205 g/mol. The average Bonchev–Trinajstić information content (AvgIpc) is 2.56. The van der Waals surface area contributed by atoms with Gasteiger partial charge in [0.1, 0.15) is 5.00 Å². The van der Waals surface area contributed by atoms with Crippen molar-refractivity contribution in [2.45, 2.75) is 6.04 Å². The van der Waals surface area contributed by atoms with Crippen LogP contribution >= 0.6 is 11.5 Å². The van der Waals surface area contributed by atoms with Crippen LogP contribution in [-0.2, 0) is 0 Å². The Bertz CT molecular complexity index is 459. The van der Waals surface area contributed by atoms with Crippen molar-refractivity contribution in [3.63, 3.8) is 0 Å². The van der Waals surface area contributed by atoms with Crippen LogP contribution in [0.4, 0.5) is 5.00 Å². The molecule has 3 nitrogen and oxygen atoms in total. The van der Waals surface area contributed by atoms with E-state index in [9.17, 15) is 0 Å². The molecular formula is C10H11N3S. The molecule has 1 aliphatic rings. The highest BCUT2D eigenvalue weighted by molar-refractivity contribution is 7.11. The summed E-state index contributed by atoms with van der Waals surface area (Å²) in [6.07, 6.45) is 0. The Morgan fingerprint density at radius 1 is 1.36 bits per heavy atom. The van der Waals surface area contributed by atoms with Crippen molar-refractivity contribution < 1.29 is 0 Å². The molecule has 0 spiro atoms. The summed E-state index contributed by atoms with van der Waals surface area (Å²) in [4.78, 5) is 2.30. The van der Waals surface area contributed by atoms with Crippen molar-refractivity contribution in [3.8, 4) is 0 Å². The van der Waals surface area contributed by atoms with E-state index in [4.69, 9.17) is 5.73 Å². The highest BCUT2D eigenvalue weighted by atomic mass is 32.1. The van der Waals surface area contributed by atoms with E-state index in [1.807, 2.05) is 6.07 Å². The van der Waals surface area contributed by atoms with Gasteiger partial charge in [0, 0.05) is 24.5 Å². The Morgan fingerprint density at radius 2 is 2.14 bits per heavy atom. The summed E-state index contributed by atoms with van der Waals surface area (Å²) in [7, 11) is 0. The second-order valence-corrected chi connectivity index (χ2v) is 4.42. The third kappa shape index (κ3) is 1.11. The van der Waals surface area contributed by atoms with Gasteiger partial charge in [0.25, 0.3) is 0 Å². The minimum Gasteiger partial charge on any atom is -0.358 e. The van der Waals surface area contributed by atoms with E-state index in [0.29, 0.717) is 6.04 Å². The number of nitrogens with two attached hydrogens (primary N) is 1. The molecule has 3 rings (SSSR count). The molecule has 2 N–H and O–H groups in total. The first kappa shape index (κ1) is 8.20. The zero-order valence-corrected chi connectivity index (χ0v) is 8.50. The lowest BCUT2D eigenvalue weighted by atomic mass is 10.1. The highest BCUT2D eigenvalue weighted by Gasteiger charge is 2.25. The minimum absolute atomic E-state index is 0.343. The fraction of sp³-hybridized carbons (Fsp3) is 0.300. The lowest BCUT2D eigenvalue weighted by molar-refractivity contribution is 0.524. The van der Waals surface area contributed by atoms with Crippen LogP contribution in [0.1, 0.15) is 0 Å². The summed E-state index contributed by atoms with van der Waals surface area (Å²) in [5, 5.41) is 2.52. The van der Waals surface area contributed by atoms with Gasteiger partial charge in [0.2, 0.25) is 0 Å². The van der Waals surface area contributed by atoms with Gasteiger partial charge in [-0.2, -0.15) is 4.37 Å². The number of fused-ring (bicyclic) bond motifs is 1. The molecule has 1 aromatic carbocycles. The van der Waals surface area contributed by atoms with Gasteiger partial charge in [-0.1, -0.05) is 12.1 Å². The summed E-state index contributed by atoms with van der Waals surface area (Å²) in [5.41, 5.74) is 6.85. The van der Waals surface area contributed by atoms with Gasteiger partial charge in [-0.05, 0) is 23.7 Å². The number of aromatic nitrogens is 1. The quantitative estimate of drug-likeness (QED) is 0.766. The van der Waals surface area contributed by atoms with E-state index in [2.05, 4.69) is 27.5 Å². The van der Waals surface area contributed by atoms with Crippen molar-refractivity contribution in [2.24, 2.45) is 5.73 Å². The summed E-state index contributed by atoms with van der Waals surface area (Å²) in [5.74, 6) is 0. The molecule has 72 valence electrons. The Kier molecular flexibility index (Phi) is 1.72. The summed E-state index contributed by atoms with van der Waals surface area (Å²) < 4.78 is 4.41. The number of rotatable bonds is 1. The molecule has 1 aromatic heterocycles. The molecular weight excluding hydrogens is 194 g/mol. The third-order valence-corrected chi connectivity index (χ3v) is 3.50. The molecule has 2 aromatic rings. The molecule has 14 heavy (non-hydrogen) atoms. The minimum atomic E-state index is 0.343. The zero-order chi connectivity index (χ0) is 9.54. The van der Waals surface area contributed by atoms with Gasteiger partial charge in [-0.15, -0.1) is 0 Å². The monoisotopic (exact) mass is 205 g/mol. The van der Waals surface area contributed by atoms with Crippen LogP contribution < -0.4 is 10.6 Å². The third-order valence-electron chi connectivity index (χ3n) is 2.56. The van der Waals surface area contributed by atoms with Crippen LogP contribution in [0.15, 0.2) is 24.3 Å². The molecule has 0 atom stereocenters. The second kappa shape index (κ2) is 2.93. The molecule has 1 saturated heterocycles. The molecule has 2 heterocycles. The van der Waals surface area contributed by atoms with Gasteiger partial charge < -0.3 is 10.6 Å². The number of hydrogen-bond donors (Lipinski definition) is 1. The first-order valence-corrected chi connectivity index (χ1v) is 5.47. The van der Waals surface area contributed by atoms with Crippen molar-refractivity contribution in [3.05, 3.63) is 24.3 Å².